The molecule has 0 saturated heterocycles. The van der Waals surface area contributed by atoms with Crippen molar-refractivity contribution in [1.29, 1.82) is 0 Å². The molecule has 0 aliphatic carbocycles. The minimum Gasteiger partial charge on any atom is -0.453 e. The number of rotatable bonds is 6. The molecular weight excluding hydrogens is 256 g/mol. The monoisotopic (exact) mass is 280 g/mol. The molecule has 0 aliphatic heterocycles. The zero-order valence-corrected chi connectivity index (χ0v) is 14.7. The predicted octanol–water partition coefficient (Wildman–Crippen LogP) is 4.58. The van der Waals surface area contributed by atoms with Crippen LogP contribution in [0.4, 0.5) is 0 Å². The van der Waals surface area contributed by atoms with Gasteiger partial charge in [-0.1, -0.05) is 18.8 Å². The molecule has 0 rings (SSSR count). The average Bonchev–Trinajstić information content (AvgIpc) is 1.98. The van der Waals surface area contributed by atoms with E-state index in [0.717, 1.165) is 6.04 Å². The first kappa shape index (κ1) is 15.6. The van der Waals surface area contributed by atoms with Crippen LogP contribution >= 0.6 is 11.1 Å². The maximum atomic E-state index is 6.34. The van der Waals surface area contributed by atoms with Gasteiger partial charge in [0.15, 0.2) is 16.6 Å². The molecule has 0 radical (unpaired) electrons. The summed E-state index contributed by atoms with van der Waals surface area (Å²) in [6, 6.07) is 2.34. The Kier molecular flexibility index (Phi) is 5.54. The molecule has 0 aromatic rings. The van der Waals surface area contributed by atoms with Crippen molar-refractivity contribution in [2.24, 2.45) is 0 Å². The highest BCUT2D eigenvalue weighted by atomic mass is 35.6. The Morgan fingerprint density at radius 2 is 1.53 bits per heavy atom. The Morgan fingerprint density at radius 3 is 1.87 bits per heavy atom. The van der Waals surface area contributed by atoms with Crippen molar-refractivity contribution < 1.29 is 4.12 Å². The third-order valence-corrected chi connectivity index (χ3v) is 11.6. The van der Waals surface area contributed by atoms with Crippen LogP contribution in [0.3, 0.4) is 0 Å². The van der Waals surface area contributed by atoms with Gasteiger partial charge in [-0.05, 0) is 38.3 Å². The summed E-state index contributed by atoms with van der Waals surface area (Å²) in [5.74, 6) is 0. The zero-order valence-electron chi connectivity index (χ0n) is 11.0. The molecule has 0 amide bonds. The van der Waals surface area contributed by atoms with Crippen molar-refractivity contribution in [3.8, 4) is 0 Å². The van der Waals surface area contributed by atoms with E-state index in [2.05, 4.69) is 45.9 Å². The summed E-state index contributed by atoms with van der Waals surface area (Å²) < 4.78 is 6.29. The van der Waals surface area contributed by atoms with Crippen LogP contribution in [0.2, 0.25) is 51.4 Å². The van der Waals surface area contributed by atoms with Crippen LogP contribution in [0.1, 0.15) is 0 Å². The van der Waals surface area contributed by atoms with Crippen molar-refractivity contribution in [3.05, 3.63) is 12.3 Å². The lowest BCUT2D eigenvalue weighted by Gasteiger charge is -2.33. The molecule has 0 spiro atoms. The lowest BCUT2D eigenvalue weighted by atomic mass is 10.9. The van der Waals surface area contributed by atoms with Gasteiger partial charge in [0.05, 0.1) is 0 Å². The summed E-state index contributed by atoms with van der Waals surface area (Å²) in [6.07, 6.45) is 0. The van der Waals surface area contributed by atoms with Gasteiger partial charge in [0.2, 0.25) is 0 Å². The summed E-state index contributed by atoms with van der Waals surface area (Å²) in [7, 11) is -4.58. The Hall–Kier alpha value is 0.641. The highest BCUT2D eigenvalue weighted by molar-refractivity contribution is 7.19. The largest absolute Gasteiger partial charge is 0.453 e. The number of hydrogen-bond donors (Lipinski definition) is 0. The second-order valence-electron chi connectivity index (χ2n) is 5.89. The van der Waals surface area contributed by atoms with Gasteiger partial charge in [-0.15, -0.1) is 6.58 Å². The van der Waals surface area contributed by atoms with Crippen LogP contribution in [-0.2, 0) is 4.12 Å². The molecule has 1 nitrogen and oxygen atoms in total. The molecule has 90 valence electrons. The normalized spacial score (nSPS) is 14.1. The quantitative estimate of drug-likeness (QED) is 0.511. The van der Waals surface area contributed by atoms with Gasteiger partial charge in [-0.3, -0.25) is 0 Å². The first-order valence-electron chi connectivity index (χ1n) is 5.50. The fourth-order valence-electron chi connectivity index (χ4n) is 1.40. The van der Waals surface area contributed by atoms with E-state index < -0.39 is 24.0 Å². The van der Waals surface area contributed by atoms with Gasteiger partial charge in [-0.2, -0.15) is 11.1 Å². The summed E-state index contributed by atoms with van der Waals surface area (Å²) >= 11 is 6.34. The molecular formula is C10H25ClOSi3. The molecule has 0 aromatic heterocycles. The maximum absolute atomic E-state index is 6.34. The molecule has 0 aromatic carbocycles. The fraction of sp³-hybridized carbons (Fsp3) is 0.800. The Bertz CT molecular complexity index is 221. The van der Waals surface area contributed by atoms with Crippen LogP contribution in [0, 0.1) is 0 Å². The van der Waals surface area contributed by atoms with E-state index in [1.54, 1.807) is 0 Å². The fourth-order valence-corrected chi connectivity index (χ4v) is 13.5. The van der Waals surface area contributed by atoms with Crippen molar-refractivity contribution in [2.45, 2.75) is 51.4 Å². The Morgan fingerprint density at radius 1 is 1.07 bits per heavy atom. The number of halogens is 1. The summed E-state index contributed by atoms with van der Waals surface area (Å²) in [4.78, 5) is 0. The van der Waals surface area contributed by atoms with E-state index in [4.69, 9.17) is 15.2 Å². The third-order valence-electron chi connectivity index (χ3n) is 2.35. The van der Waals surface area contributed by atoms with Crippen molar-refractivity contribution in [2.75, 3.05) is 0 Å². The first-order valence-corrected chi connectivity index (χ1v) is 15.8. The van der Waals surface area contributed by atoms with E-state index >= 15 is 0 Å². The van der Waals surface area contributed by atoms with Gasteiger partial charge in [0, 0.05) is 0 Å². The minimum atomic E-state index is -1.61. The van der Waals surface area contributed by atoms with Crippen LogP contribution in [0.5, 0.6) is 0 Å². The van der Waals surface area contributed by atoms with Crippen LogP contribution in [0.25, 0.3) is 0 Å². The van der Waals surface area contributed by atoms with Crippen molar-refractivity contribution in [1.82, 2.24) is 0 Å². The smallest absolute Gasteiger partial charge is 0.197 e. The minimum absolute atomic E-state index is 1.16. The van der Waals surface area contributed by atoms with Crippen molar-refractivity contribution >= 4 is 35.1 Å². The standard InChI is InChI=1S/C10H25ClOSi3/c1-8-14(4,5)12-15(6,7)10-9-13(2,3)11/h8H,1,9-10H2,2-7H3. The molecule has 0 bridgehead atoms. The maximum Gasteiger partial charge on any atom is 0.197 e. The van der Waals surface area contributed by atoms with Crippen LogP contribution in [0.15, 0.2) is 12.3 Å². The van der Waals surface area contributed by atoms with Gasteiger partial charge in [0.1, 0.15) is 7.38 Å². The molecule has 0 fully saturated rings. The lowest BCUT2D eigenvalue weighted by molar-refractivity contribution is 0.556. The Balaban J connectivity index is 4.25. The van der Waals surface area contributed by atoms with E-state index in [1.807, 2.05) is 5.70 Å². The second-order valence-corrected chi connectivity index (χ2v) is 21.3. The van der Waals surface area contributed by atoms with E-state index in [-0.39, 0.29) is 0 Å². The van der Waals surface area contributed by atoms with Gasteiger partial charge in [-0.25, -0.2) is 0 Å². The highest BCUT2D eigenvalue weighted by Gasteiger charge is 2.32. The summed E-state index contributed by atoms with van der Waals surface area (Å²) in [5, 5.41) is 0. The molecule has 0 unspecified atom stereocenters. The number of hydrogen-bond acceptors (Lipinski definition) is 1. The van der Waals surface area contributed by atoms with E-state index in [1.165, 1.54) is 6.04 Å². The van der Waals surface area contributed by atoms with Crippen LogP contribution < -0.4 is 0 Å². The molecule has 15 heavy (non-hydrogen) atoms. The molecule has 5 heteroatoms. The SMILES string of the molecule is C=C[Si](C)(C)O[Si](C)(C)CC[Si](C)(C)Cl. The molecule has 0 heterocycles. The predicted molar refractivity (Wildman–Crippen MR) is 79.2 cm³/mol. The second kappa shape index (κ2) is 5.31. The Labute approximate surface area is 103 Å². The summed E-state index contributed by atoms with van der Waals surface area (Å²) in [5.41, 5.74) is 2.02. The first-order chi connectivity index (χ1) is 6.47. The molecule has 0 aliphatic rings. The van der Waals surface area contributed by atoms with Gasteiger partial charge < -0.3 is 4.12 Å². The average molecular weight is 281 g/mol. The van der Waals surface area contributed by atoms with E-state index in [0.29, 0.717) is 0 Å². The zero-order chi connectivity index (χ0) is 12.3. The van der Waals surface area contributed by atoms with Crippen LogP contribution in [-0.4, -0.2) is 24.0 Å². The third kappa shape index (κ3) is 8.45. The highest BCUT2D eigenvalue weighted by Crippen LogP contribution is 2.26. The van der Waals surface area contributed by atoms with Crippen molar-refractivity contribution in [3.63, 3.8) is 0 Å². The topological polar surface area (TPSA) is 9.23 Å². The van der Waals surface area contributed by atoms with Gasteiger partial charge >= 0.3 is 0 Å². The summed E-state index contributed by atoms with van der Waals surface area (Å²) in [6.45, 7) is 17.3. The van der Waals surface area contributed by atoms with E-state index in [9.17, 15) is 0 Å². The molecule has 0 atom stereocenters. The van der Waals surface area contributed by atoms with Gasteiger partial charge in [0.25, 0.3) is 0 Å². The molecule has 0 saturated carbocycles. The lowest BCUT2D eigenvalue weighted by Crippen LogP contribution is -2.43. The molecule has 0 N–H and O–H groups in total.